The number of hydrogen-bond acceptors (Lipinski definition) is 3. The maximum absolute atomic E-state index is 12.3. The molecule has 0 aliphatic carbocycles. The summed E-state index contributed by atoms with van der Waals surface area (Å²) < 4.78 is 5.77. The Bertz CT molecular complexity index is 589. The van der Waals surface area contributed by atoms with E-state index in [1.54, 1.807) is 11.3 Å². The van der Waals surface area contributed by atoms with Gasteiger partial charge in [-0.15, -0.1) is 11.3 Å². The fourth-order valence-corrected chi connectivity index (χ4v) is 3.70. The fourth-order valence-electron chi connectivity index (χ4n) is 3.01. The van der Waals surface area contributed by atoms with Crippen molar-refractivity contribution in [2.75, 3.05) is 19.7 Å². The van der Waals surface area contributed by atoms with Crippen LogP contribution in [0.2, 0.25) is 0 Å². The first-order valence-electron chi connectivity index (χ1n) is 8.29. The van der Waals surface area contributed by atoms with Crippen LogP contribution in [0.15, 0.2) is 47.8 Å². The van der Waals surface area contributed by atoms with Gasteiger partial charge in [-0.2, -0.15) is 0 Å². The van der Waals surface area contributed by atoms with Gasteiger partial charge in [-0.3, -0.25) is 4.79 Å². The van der Waals surface area contributed by atoms with E-state index in [1.807, 2.05) is 52.7 Å². The first kappa shape index (κ1) is 16.1. The van der Waals surface area contributed by atoms with Crippen molar-refractivity contribution in [1.82, 2.24) is 4.90 Å². The molecule has 0 atom stereocenters. The number of piperidine rings is 1. The zero-order valence-electron chi connectivity index (χ0n) is 13.3. The highest BCUT2D eigenvalue weighted by Crippen LogP contribution is 2.22. The van der Waals surface area contributed by atoms with Gasteiger partial charge in [-0.1, -0.05) is 24.3 Å². The molecule has 1 saturated heterocycles. The van der Waals surface area contributed by atoms with Gasteiger partial charge < -0.3 is 9.64 Å². The second kappa shape index (κ2) is 8.16. The molecule has 1 amide bonds. The maximum Gasteiger partial charge on any atom is 0.227 e. The molecular formula is C19H23NO2S. The van der Waals surface area contributed by atoms with Crippen molar-refractivity contribution in [2.24, 2.45) is 5.92 Å². The number of benzene rings is 1. The third-order valence-corrected chi connectivity index (χ3v) is 5.29. The Labute approximate surface area is 141 Å². The zero-order valence-corrected chi connectivity index (χ0v) is 14.1. The Kier molecular flexibility index (Phi) is 5.70. The lowest BCUT2D eigenvalue weighted by Gasteiger charge is -2.32. The molecule has 0 spiro atoms. The lowest BCUT2D eigenvalue weighted by Crippen LogP contribution is -2.39. The molecule has 122 valence electrons. The minimum absolute atomic E-state index is 0.270. The SMILES string of the molecule is O=C(Cc1cccs1)N1CCC(CCOc2ccccc2)CC1. The molecule has 3 rings (SSSR count). The summed E-state index contributed by atoms with van der Waals surface area (Å²) in [4.78, 5) is 15.5. The van der Waals surface area contributed by atoms with Crippen molar-refractivity contribution in [1.29, 1.82) is 0 Å². The van der Waals surface area contributed by atoms with Crippen molar-refractivity contribution in [3.05, 3.63) is 52.7 Å². The Hall–Kier alpha value is -1.81. The standard InChI is InChI=1S/C19H23NO2S/c21-19(15-18-7-4-14-23-18)20-11-8-16(9-12-20)10-13-22-17-5-2-1-3-6-17/h1-7,14,16H,8-13,15H2. The van der Waals surface area contributed by atoms with Crippen LogP contribution in [-0.2, 0) is 11.2 Å². The summed E-state index contributed by atoms with van der Waals surface area (Å²) in [6.45, 7) is 2.54. The Morgan fingerprint density at radius 1 is 1.13 bits per heavy atom. The summed E-state index contributed by atoms with van der Waals surface area (Å²) in [6.07, 6.45) is 3.81. The van der Waals surface area contributed by atoms with E-state index in [-0.39, 0.29) is 5.91 Å². The Balaban J connectivity index is 1.36. The van der Waals surface area contributed by atoms with E-state index < -0.39 is 0 Å². The minimum Gasteiger partial charge on any atom is -0.494 e. The second-order valence-electron chi connectivity index (χ2n) is 6.03. The van der Waals surface area contributed by atoms with Gasteiger partial charge in [0, 0.05) is 18.0 Å². The van der Waals surface area contributed by atoms with Gasteiger partial charge in [-0.05, 0) is 48.8 Å². The summed E-state index contributed by atoms with van der Waals surface area (Å²) in [5.41, 5.74) is 0. The first-order valence-corrected chi connectivity index (χ1v) is 9.17. The van der Waals surface area contributed by atoms with Crippen molar-refractivity contribution < 1.29 is 9.53 Å². The number of carbonyl (C=O) groups excluding carboxylic acids is 1. The van der Waals surface area contributed by atoms with E-state index in [2.05, 4.69) is 0 Å². The third kappa shape index (κ3) is 4.83. The van der Waals surface area contributed by atoms with Crippen LogP contribution in [0.4, 0.5) is 0 Å². The van der Waals surface area contributed by atoms with Crippen LogP contribution >= 0.6 is 11.3 Å². The van der Waals surface area contributed by atoms with Gasteiger partial charge >= 0.3 is 0 Å². The molecule has 0 saturated carbocycles. The van der Waals surface area contributed by atoms with Crippen LogP contribution in [0.1, 0.15) is 24.1 Å². The summed E-state index contributed by atoms with van der Waals surface area (Å²) in [5, 5.41) is 2.03. The van der Waals surface area contributed by atoms with Gasteiger partial charge in [0.2, 0.25) is 5.91 Å². The quantitative estimate of drug-likeness (QED) is 0.802. The van der Waals surface area contributed by atoms with E-state index in [1.165, 1.54) is 0 Å². The molecule has 1 aromatic carbocycles. The van der Waals surface area contributed by atoms with E-state index in [9.17, 15) is 4.79 Å². The molecule has 2 heterocycles. The molecule has 1 aliphatic rings. The van der Waals surface area contributed by atoms with Gasteiger partial charge in [0.05, 0.1) is 13.0 Å². The van der Waals surface area contributed by atoms with Crippen LogP contribution in [-0.4, -0.2) is 30.5 Å². The van der Waals surface area contributed by atoms with Crippen LogP contribution in [0.5, 0.6) is 5.75 Å². The number of hydrogen-bond donors (Lipinski definition) is 0. The van der Waals surface area contributed by atoms with Crippen LogP contribution < -0.4 is 4.74 Å². The van der Waals surface area contributed by atoms with E-state index in [0.29, 0.717) is 12.3 Å². The first-order chi connectivity index (χ1) is 11.3. The van der Waals surface area contributed by atoms with Gasteiger partial charge in [0.15, 0.2) is 0 Å². The number of nitrogens with zero attached hydrogens (tertiary/aromatic N) is 1. The minimum atomic E-state index is 0.270. The second-order valence-corrected chi connectivity index (χ2v) is 7.06. The van der Waals surface area contributed by atoms with Crippen LogP contribution in [0.3, 0.4) is 0 Å². The van der Waals surface area contributed by atoms with Crippen LogP contribution in [0.25, 0.3) is 0 Å². The summed E-state index contributed by atoms with van der Waals surface area (Å²) in [7, 11) is 0. The molecule has 1 aromatic heterocycles. The summed E-state index contributed by atoms with van der Waals surface area (Å²) in [6, 6.07) is 14.0. The lowest BCUT2D eigenvalue weighted by atomic mass is 9.94. The molecule has 0 radical (unpaired) electrons. The molecule has 0 bridgehead atoms. The number of para-hydroxylation sites is 1. The number of amides is 1. The molecule has 0 N–H and O–H groups in total. The highest BCUT2D eigenvalue weighted by molar-refractivity contribution is 7.10. The molecule has 0 unspecified atom stereocenters. The zero-order chi connectivity index (χ0) is 15.9. The van der Waals surface area contributed by atoms with E-state index >= 15 is 0 Å². The summed E-state index contributed by atoms with van der Waals surface area (Å²) >= 11 is 1.66. The monoisotopic (exact) mass is 329 g/mol. The van der Waals surface area contributed by atoms with Gasteiger partial charge in [0.25, 0.3) is 0 Å². The number of carbonyl (C=O) groups is 1. The van der Waals surface area contributed by atoms with Crippen molar-refractivity contribution in [3.8, 4) is 5.75 Å². The molecule has 23 heavy (non-hydrogen) atoms. The van der Waals surface area contributed by atoms with E-state index in [4.69, 9.17) is 4.74 Å². The molecule has 1 fully saturated rings. The average Bonchev–Trinajstić information content (AvgIpc) is 3.09. The highest BCUT2D eigenvalue weighted by Gasteiger charge is 2.22. The van der Waals surface area contributed by atoms with Crippen molar-refractivity contribution >= 4 is 17.2 Å². The largest absolute Gasteiger partial charge is 0.494 e. The summed E-state index contributed by atoms with van der Waals surface area (Å²) in [5.74, 6) is 1.88. The van der Waals surface area contributed by atoms with Crippen molar-refractivity contribution in [2.45, 2.75) is 25.7 Å². The molecule has 1 aliphatic heterocycles. The predicted molar refractivity (Wildman–Crippen MR) is 93.9 cm³/mol. The molecular weight excluding hydrogens is 306 g/mol. The number of likely N-dealkylation sites (tertiary alicyclic amines) is 1. The molecule has 3 nitrogen and oxygen atoms in total. The Morgan fingerprint density at radius 2 is 1.91 bits per heavy atom. The smallest absolute Gasteiger partial charge is 0.227 e. The van der Waals surface area contributed by atoms with E-state index in [0.717, 1.165) is 49.6 Å². The predicted octanol–water partition coefficient (Wildman–Crippen LogP) is 4.00. The third-order valence-electron chi connectivity index (χ3n) is 4.41. The van der Waals surface area contributed by atoms with Gasteiger partial charge in [-0.25, -0.2) is 0 Å². The molecule has 2 aromatic rings. The lowest BCUT2D eigenvalue weighted by molar-refractivity contribution is -0.131. The average molecular weight is 329 g/mol. The fraction of sp³-hybridized carbons (Fsp3) is 0.421. The maximum atomic E-state index is 12.3. The number of rotatable bonds is 6. The van der Waals surface area contributed by atoms with Crippen molar-refractivity contribution in [3.63, 3.8) is 0 Å². The number of ether oxygens (including phenoxy) is 1. The normalized spacial score (nSPS) is 15.6. The van der Waals surface area contributed by atoms with Gasteiger partial charge in [0.1, 0.15) is 5.75 Å². The Morgan fingerprint density at radius 3 is 2.61 bits per heavy atom. The van der Waals surface area contributed by atoms with Crippen LogP contribution in [0, 0.1) is 5.92 Å². The topological polar surface area (TPSA) is 29.5 Å². The molecule has 4 heteroatoms. The highest BCUT2D eigenvalue weighted by atomic mass is 32.1. The number of thiophene rings is 1.